The first-order chi connectivity index (χ1) is 10.6. The molecule has 0 fully saturated rings. The number of para-hydroxylation sites is 1. The minimum atomic E-state index is -1.03. The third-order valence-corrected chi connectivity index (χ3v) is 3.26. The molecule has 6 nitrogen and oxygen atoms in total. The van der Waals surface area contributed by atoms with Gasteiger partial charge in [0, 0.05) is 17.1 Å². The van der Waals surface area contributed by atoms with Crippen molar-refractivity contribution in [3.8, 4) is 11.3 Å². The summed E-state index contributed by atoms with van der Waals surface area (Å²) in [5, 5.41) is 9.94. The molecule has 3 rings (SSSR count). The van der Waals surface area contributed by atoms with E-state index >= 15 is 0 Å². The molecule has 0 saturated heterocycles. The second kappa shape index (κ2) is 5.25. The van der Waals surface area contributed by atoms with Gasteiger partial charge in [0.1, 0.15) is 5.69 Å². The Morgan fingerprint density at radius 2 is 1.86 bits per heavy atom. The van der Waals surface area contributed by atoms with Crippen molar-refractivity contribution in [2.45, 2.75) is 0 Å². The molecular weight excluding hydrogens is 282 g/mol. The van der Waals surface area contributed by atoms with E-state index in [0.717, 1.165) is 0 Å². The van der Waals surface area contributed by atoms with E-state index in [0.29, 0.717) is 22.2 Å². The maximum absolute atomic E-state index is 11.4. The predicted molar refractivity (Wildman–Crippen MR) is 80.5 cm³/mol. The number of fused-ring (bicyclic) bond motifs is 1. The number of hydrogen-bond donors (Lipinski definition) is 2. The van der Waals surface area contributed by atoms with E-state index in [-0.39, 0.29) is 11.3 Å². The molecular formula is C16H11N3O3. The molecule has 1 aromatic carbocycles. The third kappa shape index (κ3) is 2.37. The lowest BCUT2D eigenvalue weighted by Crippen LogP contribution is -2.12. The smallest absolute Gasteiger partial charge is 0.336 e. The van der Waals surface area contributed by atoms with E-state index in [1.807, 2.05) is 0 Å². The maximum Gasteiger partial charge on any atom is 0.336 e. The summed E-state index contributed by atoms with van der Waals surface area (Å²) >= 11 is 0. The average molecular weight is 293 g/mol. The highest BCUT2D eigenvalue weighted by molar-refractivity contribution is 6.03. The molecule has 0 atom stereocenters. The Kier molecular flexibility index (Phi) is 3.27. The monoisotopic (exact) mass is 293 g/mol. The van der Waals surface area contributed by atoms with Crippen molar-refractivity contribution in [3.63, 3.8) is 0 Å². The van der Waals surface area contributed by atoms with Crippen LogP contribution in [0.15, 0.2) is 48.7 Å². The molecule has 108 valence electrons. The molecule has 0 aliphatic carbocycles. The zero-order valence-electron chi connectivity index (χ0n) is 11.4. The highest BCUT2D eigenvalue weighted by atomic mass is 16.4. The molecule has 1 amide bonds. The van der Waals surface area contributed by atoms with E-state index in [2.05, 4.69) is 9.97 Å². The summed E-state index contributed by atoms with van der Waals surface area (Å²) in [4.78, 5) is 30.9. The van der Waals surface area contributed by atoms with Crippen LogP contribution in [0, 0.1) is 0 Å². The Morgan fingerprint density at radius 3 is 2.50 bits per heavy atom. The number of primary amides is 1. The van der Waals surface area contributed by atoms with Gasteiger partial charge in [0.2, 0.25) is 0 Å². The van der Waals surface area contributed by atoms with Gasteiger partial charge in [-0.05, 0) is 24.3 Å². The molecule has 3 aromatic rings. The summed E-state index contributed by atoms with van der Waals surface area (Å²) in [6.45, 7) is 0. The SMILES string of the molecule is NC(=O)c1ccc(-c2cc(C(=O)O)c3ccccc3n2)cn1. The van der Waals surface area contributed by atoms with E-state index < -0.39 is 11.9 Å². The number of nitrogens with two attached hydrogens (primary N) is 1. The first kappa shape index (κ1) is 13.7. The summed E-state index contributed by atoms with van der Waals surface area (Å²) in [5.41, 5.74) is 7.12. The van der Waals surface area contributed by atoms with Crippen molar-refractivity contribution in [2.24, 2.45) is 5.73 Å². The molecule has 0 spiro atoms. The van der Waals surface area contributed by atoms with Crippen LogP contribution in [-0.2, 0) is 0 Å². The van der Waals surface area contributed by atoms with E-state index in [9.17, 15) is 14.7 Å². The Morgan fingerprint density at radius 1 is 1.09 bits per heavy atom. The molecule has 6 heteroatoms. The van der Waals surface area contributed by atoms with Gasteiger partial charge in [-0.25, -0.2) is 9.78 Å². The van der Waals surface area contributed by atoms with Gasteiger partial charge in [0.15, 0.2) is 0 Å². The number of carbonyl (C=O) groups excluding carboxylic acids is 1. The van der Waals surface area contributed by atoms with Crippen molar-refractivity contribution in [2.75, 3.05) is 0 Å². The number of benzene rings is 1. The summed E-state index contributed by atoms with van der Waals surface area (Å²) < 4.78 is 0. The fourth-order valence-electron chi connectivity index (χ4n) is 2.19. The van der Waals surface area contributed by atoms with E-state index in [4.69, 9.17) is 5.73 Å². The van der Waals surface area contributed by atoms with Crippen LogP contribution in [0.4, 0.5) is 0 Å². The van der Waals surface area contributed by atoms with Crippen LogP contribution >= 0.6 is 0 Å². The average Bonchev–Trinajstić information content (AvgIpc) is 2.53. The number of carboxylic acid groups (broad SMARTS) is 1. The predicted octanol–water partition coefficient (Wildman–Crippen LogP) is 2.09. The number of hydrogen-bond acceptors (Lipinski definition) is 4. The zero-order valence-corrected chi connectivity index (χ0v) is 11.4. The van der Waals surface area contributed by atoms with Gasteiger partial charge in [-0.1, -0.05) is 18.2 Å². The van der Waals surface area contributed by atoms with E-state index in [1.165, 1.54) is 18.3 Å². The first-order valence-corrected chi connectivity index (χ1v) is 6.45. The standard InChI is InChI=1S/C16H11N3O3/c17-15(20)13-6-5-9(8-18-13)14-7-11(16(21)22)10-3-1-2-4-12(10)19-14/h1-8H,(H2,17,20)(H,21,22). The maximum atomic E-state index is 11.4. The highest BCUT2D eigenvalue weighted by Gasteiger charge is 2.13. The largest absolute Gasteiger partial charge is 0.478 e. The first-order valence-electron chi connectivity index (χ1n) is 6.45. The number of carbonyl (C=O) groups is 2. The lowest BCUT2D eigenvalue weighted by Gasteiger charge is -2.07. The molecule has 0 saturated carbocycles. The lowest BCUT2D eigenvalue weighted by atomic mass is 10.0. The lowest BCUT2D eigenvalue weighted by molar-refractivity contribution is 0.0698. The Hall–Kier alpha value is -3.28. The summed E-state index contributed by atoms with van der Waals surface area (Å²) in [6, 6.07) is 11.6. The second-order valence-corrected chi connectivity index (χ2v) is 4.67. The minimum Gasteiger partial charge on any atom is -0.478 e. The molecule has 0 radical (unpaired) electrons. The van der Waals surface area contributed by atoms with Crippen molar-refractivity contribution >= 4 is 22.8 Å². The van der Waals surface area contributed by atoms with Crippen LogP contribution in [0.5, 0.6) is 0 Å². The molecule has 2 aromatic heterocycles. The number of rotatable bonds is 3. The molecule has 3 N–H and O–H groups in total. The number of pyridine rings is 2. The molecule has 0 aliphatic heterocycles. The number of aromatic carboxylic acids is 1. The number of nitrogens with zero attached hydrogens (tertiary/aromatic N) is 2. The topological polar surface area (TPSA) is 106 Å². The van der Waals surface area contributed by atoms with Gasteiger partial charge in [-0.3, -0.25) is 9.78 Å². The molecule has 0 bridgehead atoms. The fourth-order valence-corrected chi connectivity index (χ4v) is 2.19. The van der Waals surface area contributed by atoms with Crippen molar-refractivity contribution in [1.82, 2.24) is 9.97 Å². The quantitative estimate of drug-likeness (QED) is 0.769. The molecule has 0 aliphatic rings. The molecule has 2 heterocycles. The normalized spacial score (nSPS) is 10.5. The zero-order chi connectivity index (χ0) is 15.7. The van der Waals surface area contributed by atoms with Crippen molar-refractivity contribution in [3.05, 3.63) is 59.9 Å². The minimum absolute atomic E-state index is 0.142. The second-order valence-electron chi connectivity index (χ2n) is 4.67. The number of amides is 1. The molecule has 0 unspecified atom stereocenters. The van der Waals surface area contributed by atoms with Crippen molar-refractivity contribution in [1.29, 1.82) is 0 Å². The Balaban J connectivity index is 2.18. The van der Waals surface area contributed by atoms with Gasteiger partial charge in [0.05, 0.1) is 16.8 Å². The Labute approximate surface area is 125 Å². The van der Waals surface area contributed by atoms with Gasteiger partial charge >= 0.3 is 5.97 Å². The van der Waals surface area contributed by atoms with Crippen molar-refractivity contribution < 1.29 is 14.7 Å². The van der Waals surface area contributed by atoms with Crippen LogP contribution in [0.1, 0.15) is 20.8 Å². The summed E-state index contributed by atoms with van der Waals surface area (Å²) in [5.74, 6) is -1.65. The Bertz CT molecular complexity index is 889. The van der Waals surface area contributed by atoms with Gasteiger partial charge < -0.3 is 10.8 Å². The van der Waals surface area contributed by atoms with Crippen LogP contribution in [0.2, 0.25) is 0 Å². The number of carboxylic acids is 1. The van der Waals surface area contributed by atoms with Crippen LogP contribution in [0.25, 0.3) is 22.2 Å². The van der Waals surface area contributed by atoms with Gasteiger partial charge in [0.25, 0.3) is 5.91 Å². The van der Waals surface area contributed by atoms with Crippen LogP contribution < -0.4 is 5.73 Å². The van der Waals surface area contributed by atoms with E-state index in [1.54, 1.807) is 30.3 Å². The number of aromatic nitrogens is 2. The van der Waals surface area contributed by atoms with Gasteiger partial charge in [-0.2, -0.15) is 0 Å². The summed E-state index contributed by atoms with van der Waals surface area (Å²) in [6.07, 6.45) is 1.45. The fraction of sp³-hybridized carbons (Fsp3) is 0. The molecule has 22 heavy (non-hydrogen) atoms. The van der Waals surface area contributed by atoms with Crippen LogP contribution in [0.3, 0.4) is 0 Å². The summed E-state index contributed by atoms with van der Waals surface area (Å²) in [7, 11) is 0. The highest BCUT2D eigenvalue weighted by Crippen LogP contribution is 2.24. The third-order valence-electron chi connectivity index (χ3n) is 3.26. The van der Waals surface area contributed by atoms with Crippen LogP contribution in [-0.4, -0.2) is 27.0 Å². The van der Waals surface area contributed by atoms with Gasteiger partial charge in [-0.15, -0.1) is 0 Å².